The molecule has 1 atom stereocenters. The zero-order valence-electron chi connectivity index (χ0n) is 14.9. The minimum absolute atomic E-state index is 0.124. The van der Waals surface area contributed by atoms with E-state index in [1.54, 1.807) is 18.4 Å². The maximum absolute atomic E-state index is 12.4. The second-order valence-corrected chi connectivity index (χ2v) is 6.66. The van der Waals surface area contributed by atoms with Gasteiger partial charge in [-0.2, -0.15) is 0 Å². The molecular weight excluding hydrogens is 320 g/mol. The van der Waals surface area contributed by atoms with Crippen LogP contribution in [-0.2, 0) is 9.47 Å². The van der Waals surface area contributed by atoms with Gasteiger partial charge in [0.2, 0.25) is 0 Å². The minimum atomic E-state index is -0.535. The van der Waals surface area contributed by atoms with Crippen LogP contribution in [-0.4, -0.2) is 36.4 Å². The van der Waals surface area contributed by atoms with Gasteiger partial charge in [-0.1, -0.05) is 6.92 Å². The van der Waals surface area contributed by atoms with E-state index < -0.39 is 5.79 Å². The number of pyridine rings is 1. The van der Waals surface area contributed by atoms with Crippen LogP contribution in [0.4, 0.5) is 0 Å². The van der Waals surface area contributed by atoms with Gasteiger partial charge < -0.3 is 19.2 Å². The number of nitrogens with zero attached hydrogens (tertiary/aromatic N) is 1. The lowest BCUT2D eigenvalue weighted by Gasteiger charge is -2.26. The van der Waals surface area contributed by atoms with Crippen LogP contribution in [0.25, 0.3) is 11.5 Å². The third-order valence-corrected chi connectivity index (χ3v) is 4.33. The molecule has 0 aliphatic carbocycles. The van der Waals surface area contributed by atoms with Crippen molar-refractivity contribution in [2.75, 3.05) is 19.8 Å². The van der Waals surface area contributed by atoms with E-state index in [1.165, 1.54) is 0 Å². The van der Waals surface area contributed by atoms with Gasteiger partial charge in [-0.15, -0.1) is 0 Å². The Hall–Kier alpha value is -2.18. The number of ether oxygens (including phenoxy) is 2. The van der Waals surface area contributed by atoms with Crippen molar-refractivity contribution in [3.63, 3.8) is 0 Å². The van der Waals surface area contributed by atoms with Gasteiger partial charge in [0.15, 0.2) is 11.5 Å². The third-order valence-electron chi connectivity index (χ3n) is 4.33. The molecule has 0 bridgehead atoms. The zero-order valence-corrected chi connectivity index (χ0v) is 14.9. The number of hydrogen-bond donors (Lipinski definition) is 1. The van der Waals surface area contributed by atoms with Gasteiger partial charge in [0.25, 0.3) is 5.91 Å². The topological polar surface area (TPSA) is 73.6 Å². The average molecular weight is 344 g/mol. The summed E-state index contributed by atoms with van der Waals surface area (Å²) in [6.45, 7) is 7.65. The summed E-state index contributed by atoms with van der Waals surface area (Å²) in [5.41, 5.74) is 1.96. The van der Waals surface area contributed by atoms with Gasteiger partial charge in [0.05, 0.1) is 30.7 Å². The van der Waals surface area contributed by atoms with E-state index in [1.807, 2.05) is 26.0 Å². The molecule has 0 saturated carbocycles. The maximum atomic E-state index is 12.4. The van der Waals surface area contributed by atoms with Crippen LogP contribution in [0.15, 0.2) is 34.9 Å². The molecular formula is C19H24N2O4. The van der Waals surface area contributed by atoms with E-state index >= 15 is 0 Å². The molecule has 3 heterocycles. The Morgan fingerprint density at radius 3 is 2.72 bits per heavy atom. The third kappa shape index (κ3) is 4.27. The molecule has 0 unspecified atom stereocenters. The van der Waals surface area contributed by atoms with Gasteiger partial charge in [0, 0.05) is 13.0 Å². The summed E-state index contributed by atoms with van der Waals surface area (Å²) in [5, 5.41) is 2.97. The Morgan fingerprint density at radius 2 is 2.08 bits per heavy atom. The smallest absolute Gasteiger partial charge is 0.253 e. The Labute approximate surface area is 147 Å². The van der Waals surface area contributed by atoms with Crippen molar-refractivity contribution >= 4 is 5.91 Å². The largest absolute Gasteiger partial charge is 0.463 e. The van der Waals surface area contributed by atoms with Crippen molar-refractivity contribution in [3.05, 3.63) is 41.8 Å². The fourth-order valence-corrected chi connectivity index (χ4v) is 3.10. The molecule has 6 nitrogen and oxygen atoms in total. The SMILES string of the molecule is Cc1nc(-c2ccco2)ccc1C(=O)NC[C@@H](C)CC1(C)OCCO1. The molecule has 1 fully saturated rings. The molecule has 2 aromatic heterocycles. The van der Waals surface area contributed by atoms with Crippen LogP contribution in [0.5, 0.6) is 0 Å². The molecule has 0 aromatic carbocycles. The Kier molecular flexibility index (Phi) is 5.20. The monoisotopic (exact) mass is 344 g/mol. The summed E-state index contributed by atoms with van der Waals surface area (Å²) in [5.74, 6) is 0.268. The van der Waals surface area contributed by atoms with E-state index in [4.69, 9.17) is 13.9 Å². The fraction of sp³-hybridized carbons (Fsp3) is 0.474. The van der Waals surface area contributed by atoms with E-state index in [9.17, 15) is 4.79 Å². The molecule has 134 valence electrons. The number of carbonyl (C=O) groups excluding carboxylic acids is 1. The quantitative estimate of drug-likeness (QED) is 0.871. The number of aromatic nitrogens is 1. The molecule has 3 rings (SSSR count). The van der Waals surface area contributed by atoms with Crippen molar-refractivity contribution in [2.24, 2.45) is 5.92 Å². The Balaban J connectivity index is 1.57. The van der Waals surface area contributed by atoms with Crippen molar-refractivity contribution in [1.29, 1.82) is 0 Å². The molecule has 1 N–H and O–H groups in total. The van der Waals surface area contributed by atoms with Gasteiger partial charge in [-0.05, 0) is 44.0 Å². The van der Waals surface area contributed by atoms with Crippen LogP contribution < -0.4 is 5.32 Å². The highest BCUT2D eigenvalue weighted by Crippen LogP contribution is 2.26. The molecule has 6 heteroatoms. The van der Waals surface area contributed by atoms with Gasteiger partial charge >= 0.3 is 0 Å². The van der Waals surface area contributed by atoms with E-state index in [-0.39, 0.29) is 11.8 Å². The summed E-state index contributed by atoms with van der Waals surface area (Å²) in [6.07, 6.45) is 2.34. The molecule has 2 aromatic rings. The fourth-order valence-electron chi connectivity index (χ4n) is 3.10. The number of furan rings is 1. The number of nitrogens with one attached hydrogen (secondary N) is 1. The van der Waals surface area contributed by atoms with E-state index in [0.29, 0.717) is 36.8 Å². The van der Waals surface area contributed by atoms with E-state index in [0.717, 1.165) is 12.1 Å². The maximum Gasteiger partial charge on any atom is 0.253 e. The van der Waals surface area contributed by atoms with Crippen molar-refractivity contribution < 1.29 is 18.7 Å². The second-order valence-electron chi connectivity index (χ2n) is 6.66. The van der Waals surface area contributed by atoms with Crippen LogP contribution in [0.3, 0.4) is 0 Å². The summed E-state index contributed by atoms with van der Waals surface area (Å²) < 4.78 is 16.6. The van der Waals surface area contributed by atoms with Crippen molar-refractivity contribution in [3.8, 4) is 11.5 Å². The van der Waals surface area contributed by atoms with Crippen LogP contribution >= 0.6 is 0 Å². The summed E-state index contributed by atoms with van der Waals surface area (Å²) in [6, 6.07) is 7.24. The number of rotatable bonds is 6. The standard InChI is InChI=1S/C19H24N2O4/c1-13(11-19(3)24-9-10-25-19)12-20-18(22)15-6-7-16(21-14(15)2)17-5-4-8-23-17/h4-8,13H,9-12H2,1-3H3,(H,20,22)/t13-/m0/s1. The molecule has 0 spiro atoms. The molecule has 1 amide bonds. The lowest BCUT2D eigenvalue weighted by atomic mass is 10.0. The first-order valence-corrected chi connectivity index (χ1v) is 8.54. The predicted octanol–water partition coefficient (Wildman–Crippen LogP) is 3.17. The molecule has 0 radical (unpaired) electrons. The first-order chi connectivity index (χ1) is 12.0. The van der Waals surface area contributed by atoms with Gasteiger partial charge in [-0.3, -0.25) is 4.79 Å². The van der Waals surface area contributed by atoms with Crippen LogP contribution in [0, 0.1) is 12.8 Å². The first-order valence-electron chi connectivity index (χ1n) is 8.54. The van der Waals surface area contributed by atoms with E-state index in [2.05, 4.69) is 17.2 Å². The second kappa shape index (κ2) is 7.37. The predicted molar refractivity (Wildman–Crippen MR) is 93.1 cm³/mol. The van der Waals surface area contributed by atoms with Gasteiger partial charge in [0.1, 0.15) is 5.69 Å². The molecule has 1 saturated heterocycles. The Bertz CT molecular complexity index is 721. The summed E-state index contributed by atoms with van der Waals surface area (Å²) in [7, 11) is 0. The summed E-state index contributed by atoms with van der Waals surface area (Å²) in [4.78, 5) is 16.9. The summed E-state index contributed by atoms with van der Waals surface area (Å²) >= 11 is 0. The highest BCUT2D eigenvalue weighted by Gasteiger charge is 2.32. The average Bonchev–Trinajstić information content (AvgIpc) is 3.24. The van der Waals surface area contributed by atoms with Crippen LogP contribution in [0.2, 0.25) is 0 Å². The number of hydrogen-bond acceptors (Lipinski definition) is 5. The number of amides is 1. The van der Waals surface area contributed by atoms with Gasteiger partial charge in [-0.25, -0.2) is 4.98 Å². The Morgan fingerprint density at radius 1 is 1.32 bits per heavy atom. The van der Waals surface area contributed by atoms with Crippen molar-refractivity contribution in [2.45, 2.75) is 33.0 Å². The molecule has 25 heavy (non-hydrogen) atoms. The normalized spacial score (nSPS) is 17.4. The zero-order chi connectivity index (χ0) is 17.9. The number of carbonyl (C=O) groups is 1. The lowest BCUT2D eigenvalue weighted by molar-refractivity contribution is -0.153. The molecule has 1 aliphatic heterocycles. The minimum Gasteiger partial charge on any atom is -0.463 e. The van der Waals surface area contributed by atoms with Crippen LogP contribution in [0.1, 0.15) is 36.3 Å². The molecule has 1 aliphatic rings. The lowest BCUT2D eigenvalue weighted by Crippen LogP contribution is -2.34. The highest BCUT2D eigenvalue weighted by atomic mass is 16.7. The van der Waals surface area contributed by atoms with Crippen molar-refractivity contribution in [1.82, 2.24) is 10.3 Å². The highest BCUT2D eigenvalue weighted by molar-refractivity contribution is 5.95. The number of aryl methyl sites for hydroxylation is 1. The first kappa shape index (κ1) is 17.6.